The van der Waals surface area contributed by atoms with Gasteiger partial charge < -0.3 is 20.1 Å². The van der Waals surface area contributed by atoms with Crippen LogP contribution in [0.15, 0.2) is 60.7 Å². The van der Waals surface area contributed by atoms with Crippen LogP contribution in [0, 0.1) is 5.92 Å². The number of anilines is 2. The summed E-state index contributed by atoms with van der Waals surface area (Å²) >= 11 is 0. The molecule has 2 aromatic rings. The smallest absolute Gasteiger partial charge is 0.243 e. The van der Waals surface area contributed by atoms with E-state index in [1.54, 1.807) is 0 Å². The summed E-state index contributed by atoms with van der Waals surface area (Å²) in [4.78, 5) is 12.1. The summed E-state index contributed by atoms with van der Waals surface area (Å²) in [7, 11) is 0. The van der Waals surface area contributed by atoms with Gasteiger partial charge in [-0.3, -0.25) is 4.79 Å². The van der Waals surface area contributed by atoms with Crippen molar-refractivity contribution in [2.75, 3.05) is 30.4 Å². The Hall–Kier alpha value is -2.95. The molecule has 0 aliphatic heterocycles. The molecule has 0 radical (unpaired) electrons. The first-order valence-electron chi connectivity index (χ1n) is 9.56. The van der Waals surface area contributed by atoms with Gasteiger partial charge >= 0.3 is 0 Å². The normalized spacial score (nSPS) is 10.4. The van der Waals surface area contributed by atoms with Crippen LogP contribution in [-0.4, -0.2) is 25.7 Å². The Balaban J connectivity index is 1.73. The number of carbonyl (C=O) groups is 1. The van der Waals surface area contributed by atoms with E-state index in [0.29, 0.717) is 19.1 Å². The average Bonchev–Trinajstić information content (AvgIpc) is 2.66. The van der Waals surface area contributed by atoms with Crippen LogP contribution in [0.1, 0.15) is 27.2 Å². The van der Waals surface area contributed by atoms with Gasteiger partial charge in [0.05, 0.1) is 13.2 Å². The van der Waals surface area contributed by atoms with E-state index in [4.69, 9.17) is 9.47 Å². The van der Waals surface area contributed by atoms with Gasteiger partial charge in [0, 0.05) is 11.4 Å². The lowest BCUT2D eigenvalue weighted by Crippen LogP contribution is -2.21. The Kier molecular flexibility index (Phi) is 8.40. The molecule has 0 saturated carbocycles. The van der Waals surface area contributed by atoms with E-state index in [9.17, 15) is 4.79 Å². The number of rotatable bonds is 11. The molecule has 150 valence electrons. The van der Waals surface area contributed by atoms with Crippen molar-refractivity contribution in [3.63, 3.8) is 0 Å². The maximum atomic E-state index is 12.1. The number of benzene rings is 2. The van der Waals surface area contributed by atoms with Gasteiger partial charge in [-0.15, -0.1) is 0 Å². The Morgan fingerprint density at radius 3 is 2.11 bits per heavy atom. The van der Waals surface area contributed by atoms with Gasteiger partial charge in [-0.25, -0.2) is 0 Å². The Bertz CT molecular complexity index is 752. The zero-order valence-corrected chi connectivity index (χ0v) is 17.0. The molecule has 2 rings (SSSR count). The van der Waals surface area contributed by atoms with E-state index in [-0.39, 0.29) is 12.5 Å². The molecular formula is C23H30N2O3. The van der Waals surface area contributed by atoms with E-state index >= 15 is 0 Å². The van der Waals surface area contributed by atoms with Gasteiger partial charge in [-0.2, -0.15) is 0 Å². The molecule has 0 aromatic heterocycles. The lowest BCUT2D eigenvalue weighted by molar-refractivity contribution is -0.114. The van der Waals surface area contributed by atoms with Crippen molar-refractivity contribution >= 4 is 17.3 Å². The summed E-state index contributed by atoms with van der Waals surface area (Å²) < 4.78 is 11.2. The lowest BCUT2D eigenvalue weighted by atomic mass is 10.1. The third kappa shape index (κ3) is 8.16. The fraction of sp³-hybridized carbons (Fsp3) is 0.348. The number of carbonyl (C=O) groups excluding carboxylic acids is 1. The van der Waals surface area contributed by atoms with Crippen molar-refractivity contribution in [2.24, 2.45) is 5.92 Å². The molecule has 5 heteroatoms. The fourth-order valence-electron chi connectivity index (χ4n) is 2.31. The second kappa shape index (κ2) is 11.0. The summed E-state index contributed by atoms with van der Waals surface area (Å²) in [5.74, 6) is 2.09. The van der Waals surface area contributed by atoms with Crippen LogP contribution in [0.3, 0.4) is 0 Å². The Morgan fingerprint density at radius 2 is 1.54 bits per heavy atom. The zero-order valence-electron chi connectivity index (χ0n) is 17.0. The topological polar surface area (TPSA) is 59.6 Å². The molecule has 5 nitrogen and oxygen atoms in total. The van der Waals surface area contributed by atoms with Crippen molar-refractivity contribution < 1.29 is 14.3 Å². The number of nitrogens with one attached hydrogen (secondary N) is 2. The predicted octanol–water partition coefficient (Wildman–Crippen LogP) is 5.12. The summed E-state index contributed by atoms with van der Waals surface area (Å²) in [6, 6.07) is 14.9. The van der Waals surface area contributed by atoms with Gasteiger partial charge in [0.2, 0.25) is 5.91 Å². The lowest BCUT2D eigenvalue weighted by Gasteiger charge is -2.11. The summed E-state index contributed by atoms with van der Waals surface area (Å²) in [6.07, 6.45) is 1.03. The second-order valence-electron chi connectivity index (χ2n) is 7.23. The van der Waals surface area contributed by atoms with Crippen LogP contribution < -0.4 is 20.1 Å². The first kappa shape index (κ1) is 21.4. The van der Waals surface area contributed by atoms with Crippen LogP contribution in [0.5, 0.6) is 11.5 Å². The zero-order chi connectivity index (χ0) is 20.4. The van der Waals surface area contributed by atoms with E-state index in [0.717, 1.165) is 34.9 Å². The molecule has 0 aliphatic rings. The number of ether oxygens (including phenoxy) is 2. The highest BCUT2D eigenvalue weighted by Crippen LogP contribution is 2.18. The maximum absolute atomic E-state index is 12.1. The van der Waals surface area contributed by atoms with Gasteiger partial charge in [-0.1, -0.05) is 20.4 Å². The van der Waals surface area contributed by atoms with Crippen LogP contribution in [0.2, 0.25) is 0 Å². The molecule has 2 aromatic carbocycles. The quantitative estimate of drug-likeness (QED) is 0.530. The molecule has 2 N–H and O–H groups in total. The van der Waals surface area contributed by atoms with Crippen molar-refractivity contribution in [3.05, 3.63) is 60.7 Å². The predicted molar refractivity (Wildman–Crippen MR) is 115 cm³/mol. The summed E-state index contributed by atoms with van der Waals surface area (Å²) in [6.45, 7) is 11.4. The van der Waals surface area contributed by atoms with E-state index in [1.165, 1.54) is 0 Å². The summed E-state index contributed by atoms with van der Waals surface area (Å²) in [5.41, 5.74) is 2.55. The molecule has 0 heterocycles. The van der Waals surface area contributed by atoms with Crippen molar-refractivity contribution in [2.45, 2.75) is 27.2 Å². The molecule has 0 aliphatic carbocycles. The highest BCUT2D eigenvalue weighted by molar-refractivity contribution is 5.93. The first-order chi connectivity index (χ1) is 13.4. The van der Waals surface area contributed by atoms with E-state index < -0.39 is 0 Å². The molecule has 0 atom stereocenters. The van der Waals surface area contributed by atoms with Crippen LogP contribution in [0.25, 0.3) is 0 Å². The monoisotopic (exact) mass is 382 g/mol. The minimum Gasteiger partial charge on any atom is -0.494 e. The molecule has 28 heavy (non-hydrogen) atoms. The number of amides is 1. The maximum Gasteiger partial charge on any atom is 0.243 e. The van der Waals surface area contributed by atoms with E-state index in [2.05, 4.69) is 31.1 Å². The SMILES string of the molecule is C=C(C)COc1ccc(NC(=O)CNc2ccc(OCCC(C)C)cc2)cc1. The third-order valence-electron chi connectivity index (χ3n) is 3.89. The molecule has 0 unspecified atom stereocenters. The molecular weight excluding hydrogens is 352 g/mol. The number of hydrogen-bond donors (Lipinski definition) is 2. The molecule has 0 spiro atoms. The van der Waals surface area contributed by atoms with Gasteiger partial charge in [0.1, 0.15) is 18.1 Å². The third-order valence-corrected chi connectivity index (χ3v) is 3.89. The Morgan fingerprint density at radius 1 is 0.964 bits per heavy atom. The van der Waals surface area contributed by atoms with Gasteiger partial charge in [-0.05, 0) is 73.4 Å². The van der Waals surface area contributed by atoms with Crippen molar-refractivity contribution in [3.8, 4) is 11.5 Å². The van der Waals surface area contributed by atoms with Gasteiger partial charge in [0.15, 0.2) is 0 Å². The minimum atomic E-state index is -0.118. The largest absolute Gasteiger partial charge is 0.494 e. The molecule has 0 bridgehead atoms. The van der Waals surface area contributed by atoms with Crippen LogP contribution in [0.4, 0.5) is 11.4 Å². The molecule has 1 amide bonds. The van der Waals surface area contributed by atoms with Crippen molar-refractivity contribution in [1.82, 2.24) is 0 Å². The fourth-order valence-corrected chi connectivity index (χ4v) is 2.31. The summed E-state index contributed by atoms with van der Waals surface area (Å²) in [5, 5.41) is 5.96. The standard InChI is InChI=1S/C23H30N2O3/c1-17(2)13-14-27-21-9-5-19(6-10-21)24-15-23(26)25-20-7-11-22(12-8-20)28-16-18(3)4/h5-12,17,24H,3,13-16H2,1-2,4H3,(H,25,26). The van der Waals surface area contributed by atoms with Crippen LogP contribution in [-0.2, 0) is 4.79 Å². The highest BCUT2D eigenvalue weighted by Gasteiger charge is 2.04. The minimum absolute atomic E-state index is 0.118. The molecule has 0 fully saturated rings. The average molecular weight is 383 g/mol. The molecule has 0 saturated heterocycles. The van der Waals surface area contributed by atoms with Crippen LogP contribution >= 0.6 is 0 Å². The first-order valence-corrected chi connectivity index (χ1v) is 9.56. The van der Waals surface area contributed by atoms with Crippen molar-refractivity contribution in [1.29, 1.82) is 0 Å². The van der Waals surface area contributed by atoms with Gasteiger partial charge in [0.25, 0.3) is 0 Å². The number of hydrogen-bond acceptors (Lipinski definition) is 4. The Labute approximate surface area is 167 Å². The van der Waals surface area contributed by atoms with E-state index in [1.807, 2.05) is 55.5 Å². The highest BCUT2D eigenvalue weighted by atomic mass is 16.5. The second-order valence-corrected chi connectivity index (χ2v) is 7.23.